The van der Waals surface area contributed by atoms with Crippen molar-refractivity contribution in [1.82, 2.24) is 15.0 Å². The fourth-order valence-electron chi connectivity index (χ4n) is 2.33. The van der Waals surface area contributed by atoms with Crippen molar-refractivity contribution < 1.29 is 9.53 Å². The number of nitrogens with zero attached hydrogens (tertiary/aromatic N) is 2. The lowest BCUT2D eigenvalue weighted by Crippen LogP contribution is -2.04. The number of fused-ring (bicyclic) bond motifs is 1. The molecule has 6 heteroatoms. The number of esters is 1. The number of carbonyl (C=O) groups is 1. The van der Waals surface area contributed by atoms with Gasteiger partial charge in [-0.15, -0.1) is 0 Å². The van der Waals surface area contributed by atoms with Crippen LogP contribution in [0.3, 0.4) is 0 Å². The van der Waals surface area contributed by atoms with Crippen molar-refractivity contribution in [2.75, 3.05) is 7.11 Å². The largest absolute Gasteiger partial charge is 0.464 e. The molecule has 106 valence electrons. The van der Waals surface area contributed by atoms with Gasteiger partial charge in [0.05, 0.1) is 12.6 Å². The Bertz CT molecular complexity index is 842. The number of nitrogens with one attached hydrogen (secondary N) is 1. The Kier molecular flexibility index (Phi) is 3.35. The first-order valence-corrected chi connectivity index (χ1v) is 6.66. The molecule has 0 unspecified atom stereocenters. The van der Waals surface area contributed by atoms with Gasteiger partial charge < -0.3 is 9.72 Å². The molecule has 0 radical (unpaired) electrons. The number of aromatic amines is 1. The fraction of sp³-hybridized carbons (Fsp3) is 0.133. The molecular formula is C15H12ClN3O2. The standard InChI is InChI=1S/C15H12ClN3O2/c1-8-5-12(16)18-6-10(8)11-7-19-13-9(11)3-4-17-14(13)15(20)21-2/h3-7,19H,1-2H3. The van der Waals surface area contributed by atoms with Crippen LogP contribution in [0.1, 0.15) is 16.1 Å². The summed E-state index contributed by atoms with van der Waals surface area (Å²) in [6, 6.07) is 3.65. The molecule has 0 amide bonds. The van der Waals surface area contributed by atoms with Crippen molar-refractivity contribution in [2.45, 2.75) is 6.92 Å². The number of aryl methyl sites for hydroxylation is 1. The molecule has 0 atom stereocenters. The number of hydrogen-bond donors (Lipinski definition) is 1. The van der Waals surface area contributed by atoms with E-state index in [9.17, 15) is 4.79 Å². The van der Waals surface area contributed by atoms with Gasteiger partial charge in [0.1, 0.15) is 5.15 Å². The molecule has 0 spiro atoms. The molecule has 3 aromatic rings. The lowest BCUT2D eigenvalue weighted by molar-refractivity contribution is 0.0596. The molecule has 5 nitrogen and oxygen atoms in total. The second kappa shape index (κ2) is 5.18. The number of aromatic nitrogens is 3. The molecule has 3 heterocycles. The molecule has 0 aromatic carbocycles. The molecule has 21 heavy (non-hydrogen) atoms. The maximum atomic E-state index is 11.8. The smallest absolute Gasteiger partial charge is 0.358 e. The number of halogens is 1. The number of H-pyrrole nitrogens is 1. The maximum absolute atomic E-state index is 11.8. The van der Waals surface area contributed by atoms with Crippen molar-refractivity contribution in [3.63, 3.8) is 0 Å². The van der Waals surface area contributed by atoms with E-state index in [0.717, 1.165) is 22.1 Å². The van der Waals surface area contributed by atoms with E-state index in [1.807, 2.05) is 19.2 Å². The van der Waals surface area contributed by atoms with Crippen LogP contribution in [-0.2, 0) is 4.74 Å². The van der Waals surface area contributed by atoms with Crippen LogP contribution in [-0.4, -0.2) is 28.0 Å². The molecule has 0 fully saturated rings. The van der Waals surface area contributed by atoms with E-state index in [1.165, 1.54) is 7.11 Å². The number of carbonyl (C=O) groups excluding carboxylic acids is 1. The Morgan fingerprint density at radius 2 is 2.14 bits per heavy atom. The summed E-state index contributed by atoms with van der Waals surface area (Å²) in [5.74, 6) is -0.472. The second-order valence-electron chi connectivity index (χ2n) is 4.60. The van der Waals surface area contributed by atoms with Gasteiger partial charge in [-0.3, -0.25) is 0 Å². The predicted octanol–water partition coefficient (Wildman–Crippen LogP) is 3.37. The van der Waals surface area contributed by atoms with Gasteiger partial charge in [-0.2, -0.15) is 0 Å². The molecular weight excluding hydrogens is 290 g/mol. The van der Waals surface area contributed by atoms with Gasteiger partial charge in [0, 0.05) is 35.1 Å². The summed E-state index contributed by atoms with van der Waals surface area (Å²) in [6.07, 6.45) is 5.14. The summed E-state index contributed by atoms with van der Waals surface area (Å²) in [4.78, 5) is 23.0. The Hall–Kier alpha value is -2.40. The van der Waals surface area contributed by atoms with Crippen molar-refractivity contribution in [3.05, 3.63) is 47.1 Å². The minimum atomic E-state index is -0.472. The van der Waals surface area contributed by atoms with E-state index < -0.39 is 5.97 Å². The van der Waals surface area contributed by atoms with Gasteiger partial charge in [-0.1, -0.05) is 11.6 Å². The number of hydrogen-bond acceptors (Lipinski definition) is 4. The summed E-state index contributed by atoms with van der Waals surface area (Å²) in [5, 5.41) is 1.34. The molecule has 1 N–H and O–H groups in total. The van der Waals surface area contributed by atoms with E-state index >= 15 is 0 Å². The van der Waals surface area contributed by atoms with Crippen LogP contribution in [0.2, 0.25) is 5.15 Å². The van der Waals surface area contributed by atoms with E-state index in [1.54, 1.807) is 18.5 Å². The van der Waals surface area contributed by atoms with Gasteiger partial charge in [0.25, 0.3) is 0 Å². The molecule has 0 aliphatic carbocycles. The fourth-order valence-corrected chi connectivity index (χ4v) is 2.54. The number of pyridine rings is 2. The molecule has 0 saturated carbocycles. The summed E-state index contributed by atoms with van der Waals surface area (Å²) >= 11 is 5.89. The second-order valence-corrected chi connectivity index (χ2v) is 4.99. The first-order chi connectivity index (χ1) is 10.1. The normalized spacial score (nSPS) is 10.8. The minimum absolute atomic E-state index is 0.265. The Morgan fingerprint density at radius 1 is 1.33 bits per heavy atom. The molecule has 3 rings (SSSR count). The van der Waals surface area contributed by atoms with E-state index in [2.05, 4.69) is 15.0 Å². The van der Waals surface area contributed by atoms with Crippen molar-refractivity contribution in [2.24, 2.45) is 0 Å². The van der Waals surface area contributed by atoms with E-state index in [-0.39, 0.29) is 5.69 Å². The summed E-state index contributed by atoms with van der Waals surface area (Å²) in [6.45, 7) is 1.96. The first-order valence-electron chi connectivity index (χ1n) is 6.28. The topological polar surface area (TPSA) is 67.9 Å². The SMILES string of the molecule is COC(=O)c1nccc2c(-c3cnc(Cl)cc3C)c[nH]c12. The van der Waals surface area contributed by atoms with Crippen molar-refractivity contribution >= 4 is 28.5 Å². The summed E-state index contributed by atoms with van der Waals surface area (Å²) < 4.78 is 4.75. The maximum Gasteiger partial charge on any atom is 0.358 e. The van der Waals surface area contributed by atoms with Gasteiger partial charge >= 0.3 is 5.97 Å². The lowest BCUT2D eigenvalue weighted by atomic mass is 10.0. The summed E-state index contributed by atoms with van der Waals surface area (Å²) in [5.41, 5.74) is 3.81. The monoisotopic (exact) mass is 301 g/mol. The molecule has 0 saturated heterocycles. The van der Waals surface area contributed by atoms with Crippen LogP contribution in [0.5, 0.6) is 0 Å². The van der Waals surface area contributed by atoms with Gasteiger partial charge in [-0.05, 0) is 24.6 Å². The first kappa shape index (κ1) is 13.6. The molecule has 3 aromatic heterocycles. The van der Waals surface area contributed by atoms with Crippen LogP contribution < -0.4 is 0 Å². The summed E-state index contributed by atoms with van der Waals surface area (Å²) in [7, 11) is 1.33. The van der Waals surface area contributed by atoms with Gasteiger partial charge in [0.15, 0.2) is 5.69 Å². The lowest BCUT2D eigenvalue weighted by Gasteiger charge is -2.05. The number of methoxy groups -OCH3 is 1. The molecule has 0 aliphatic heterocycles. The molecule has 0 bridgehead atoms. The van der Waals surface area contributed by atoms with Crippen molar-refractivity contribution in [3.8, 4) is 11.1 Å². The highest BCUT2D eigenvalue weighted by molar-refractivity contribution is 6.29. The average molecular weight is 302 g/mol. The zero-order valence-corrected chi connectivity index (χ0v) is 12.2. The third-order valence-electron chi connectivity index (χ3n) is 3.35. The zero-order chi connectivity index (χ0) is 15.0. The van der Waals surface area contributed by atoms with Gasteiger partial charge in [-0.25, -0.2) is 14.8 Å². The number of ether oxygens (including phenoxy) is 1. The molecule has 0 aliphatic rings. The zero-order valence-electron chi connectivity index (χ0n) is 11.5. The van der Waals surface area contributed by atoms with E-state index in [4.69, 9.17) is 16.3 Å². The van der Waals surface area contributed by atoms with Crippen LogP contribution in [0, 0.1) is 6.92 Å². The highest BCUT2D eigenvalue weighted by atomic mass is 35.5. The van der Waals surface area contributed by atoms with Crippen LogP contribution >= 0.6 is 11.6 Å². The minimum Gasteiger partial charge on any atom is -0.464 e. The Morgan fingerprint density at radius 3 is 2.86 bits per heavy atom. The van der Waals surface area contributed by atoms with Crippen LogP contribution in [0.25, 0.3) is 22.0 Å². The number of rotatable bonds is 2. The van der Waals surface area contributed by atoms with Gasteiger partial charge in [0.2, 0.25) is 0 Å². The highest BCUT2D eigenvalue weighted by Crippen LogP contribution is 2.32. The third kappa shape index (κ3) is 2.25. The van der Waals surface area contributed by atoms with Crippen molar-refractivity contribution in [1.29, 1.82) is 0 Å². The van der Waals surface area contributed by atoms with Crippen LogP contribution in [0.15, 0.2) is 30.7 Å². The predicted molar refractivity (Wildman–Crippen MR) is 80.4 cm³/mol. The Balaban J connectivity index is 2.24. The van der Waals surface area contributed by atoms with E-state index in [0.29, 0.717) is 10.7 Å². The average Bonchev–Trinajstić information content (AvgIpc) is 2.90. The quantitative estimate of drug-likeness (QED) is 0.582. The highest BCUT2D eigenvalue weighted by Gasteiger charge is 2.17. The Labute approximate surface area is 125 Å². The van der Waals surface area contributed by atoms with Crippen LogP contribution in [0.4, 0.5) is 0 Å². The third-order valence-corrected chi connectivity index (χ3v) is 3.56.